The van der Waals surface area contributed by atoms with Crippen molar-refractivity contribution in [2.45, 2.75) is 26.3 Å². The summed E-state index contributed by atoms with van der Waals surface area (Å²) in [6.45, 7) is 4.71. The van der Waals surface area contributed by atoms with Crippen molar-refractivity contribution in [3.05, 3.63) is 29.3 Å². The molecule has 1 aromatic rings. The zero-order chi connectivity index (χ0) is 13.3. The van der Waals surface area contributed by atoms with E-state index in [1.807, 2.05) is 13.0 Å². The average molecular weight is 248 g/mol. The molecule has 1 aliphatic heterocycles. The van der Waals surface area contributed by atoms with Crippen LogP contribution in [-0.2, 0) is 0 Å². The first kappa shape index (κ1) is 12.9. The highest BCUT2D eigenvalue weighted by Gasteiger charge is 2.34. The van der Waals surface area contributed by atoms with Crippen LogP contribution in [0, 0.1) is 12.8 Å². The summed E-state index contributed by atoms with van der Waals surface area (Å²) in [5, 5.41) is 9.39. The summed E-state index contributed by atoms with van der Waals surface area (Å²) in [6.07, 6.45) is 0.933. The van der Waals surface area contributed by atoms with Gasteiger partial charge in [-0.1, -0.05) is 13.0 Å². The molecule has 3 N–H and O–H groups in total. The van der Waals surface area contributed by atoms with Gasteiger partial charge in [0, 0.05) is 12.2 Å². The molecule has 0 aliphatic carbocycles. The van der Waals surface area contributed by atoms with E-state index in [1.165, 1.54) is 0 Å². The number of aliphatic hydroxyl groups is 1. The van der Waals surface area contributed by atoms with Gasteiger partial charge in [-0.3, -0.25) is 4.79 Å². The van der Waals surface area contributed by atoms with Gasteiger partial charge in [0.25, 0.3) is 5.91 Å². The number of carbonyl (C=O) groups excluding carboxylic acids is 1. The van der Waals surface area contributed by atoms with E-state index in [-0.39, 0.29) is 18.6 Å². The van der Waals surface area contributed by atoms with E-state index >= 15 is 0 Å². The quantitative estimate of drug-likeness (QED) is 0.778. The SMILES string of the molecule is Cc1ccc(C(=O)N2CCC(C)C2CO)c(N)c1. The number of aryl methyl sites for hydroxylation is 1. The number of carbonyl (C=O) groups is 1. The number of amides is 1. The van der Waals surface area contributed by atoms with Gasteiger partial charge in [0.1, 0.15) is 0 Å². The number of likely N-dealkylation sites (tertiary alicyclic amines) is 1. The molecule has 2 unspecified atom stereocenters. The standard InChI is InChI=1S/C14H20N2O2/c1-9-3-4-11(12(15)7-9)14(18)16-6-5-10(2)13(16)8-17/h3-4,7,10,13,17H,5-6,8,15H2,1-2H3. The lowest BCUT2D eigenvalue weighted by Crippen LogP contribution is -2.40. The molecule has 1 aliphatic rings. The first-order valence-electron chi connectivity index (χ1n) is 6.32. The lowest BCUT2D eigenvalue weighted by molar-refractivity contribution is 0.0649. The molecule has 98 valence electrons. The molecule has 1 heterocycles. The number of benzene rings is 1. The first-order valence-corrected chi connectivity index (χ1v) is 6.32. The van der Waals surface area contributed by atoms with Crippen molar-refractivity contribution in [3.8, 4) is 0 Å². The van der Waals surface area contributed by atoms with Crippen LogP contribution in [0.2, 0.25) is 0 Å². The van der Waals surface area contributed by atoms with Crippen LogP contribution >= 0.6 is 0 Å². The van der Waals surface area contributed by atoms with E-state index in [0.29, 0.717) is 23.7 Å². The van der Waals surface area contributed by atoms with Crippen LogP contribution in [0.5, 0.6) is 0 Å². The molecule has 2 atom stereocenters. The Morgan fingerprint density at radius 2 is 2.28 bits per heavy atom. The van der Waals surface area contributed by atoms with Gasteiger partial charge in [-0.2, -0.15) is 0 Å². The number of hydrogen-bond donors (Lipinski definition) is 2. The third-order valence-corrected chi connectivity index (χ3v) is 3.77. The molecule has 1 amide bonds. The normalized spacial score (nSPS) is 23.4. The summed E-state index contributed by atoms with van der Waals surface area (Å²) < 4.78 is 0. The summed E-state index contributed by atoms with van der Waals surface area (Å²) in [4.78, 5) is 14.2. The van der Waals surface area contributed by atoms with Gasteiger partial charge < -0.3 is 15.7 Å². The van der Waals surface area contributed by atoms with Gasteiger partial charge in [0.2, 0.25) is 0 Å². The van der Waals surface area contributed by atoms with E-state index in [4.69, 9.17) is 5.73 Å². The van der Waals surface area contributed by atoms with Crippen molar-refractivity contribution in [1.82, 2.24) is 4.90 Å². The number of anilines is 1. The summed E-state index contributed by atoms with van der Waals surface area (Å²) in [5.74, 6) is 0.265. The Morgan fingerprint density at radius 1 is 1.56 bits per heavy atom. The number of hydrogen-bond acceptors (Lipinski definition) is 3. The smallest absolute Gasteiger partial charge is 0.256 e. The Hall–Kier alpha value is -1.55. The molecule has 4 nitrogen and oxygen atoms in total. The summed E-state index contributed by atoms with van der Waals surface area (Å²) >= 11 is 0. The Morgan fingerprint density at radius 3 is 2.89 bits per heavy atom. The van der Waals surface area contributed by atoms with Gasteiger partial charge in [-0.05, 0) is 37.0 Å². The first-order chi connectivity index (χ1) is 8.54. The lowest BCUT2D eigenvalue weighted by atomic mass is 10.0. The summed E-state index contributed by atoms with van der Waals surface area (Å²) in [7, 11) is 0. The minimum atomic E-state index is -0.0850. The summed E-state index contributed by atoms with van der Waals surface area (Å²) in [5.41, 5.74) is 7.99. The van der Waals surface area contributed by atoms with Gasteiger partial charge in [0.15, 0.2) is 0 Å². The topological polar surface area (TPSA) is 66.6 Å². The molecular weight excluding hydrogens is 228 g/mol. The number of nitrogens with zero attached hydrogens (tertiary/aromatic N) is 1. The second-order valence-electron chi connectivity index (χ2n) is 5.11. The molecule has 1 fully saturated rings. The maximum atomic E-state index is 12.4. The van der Waals surface area contributed by atoms with Gasteiger partial charge >= 0.3 is 0 Å². The van der Waals surface area contributed by atoms with Gasteiger partial charge in [0.05, 0.1) is 18.2 Å². The van der Waals surface area contributed by atoms with Crippen molar-refractivity contribution < 1.29 is 9.90 Å². The molecule has 1 saturated heterocycles. The molecule has 1 aromatic carbocycles. The van der Waals surface area contributed by atoms with Gasteiger partial charge in [-0.15, -0.1) is 0 Å². The number of nitrogens with two attached hydrogens (primary N) is 1. The molecule has 2 rings (SSSR count). The highest BCUT2D eigenvalue weighted by atomic mass is 16.3. The molecule has 0 radical (unpaired) electrons. The van der Waals surface area contributed by atoms with Crippen LogP contribution < -0.4 is 5.73 Å². The molecule has 0 bridgehead atoms. The van der Waals surface area contributed by atoms with Crippen molar-refractivity contribution >= 4 is 11.6 Å². The van der Waals surface area contributed by atoms with Crippen molar-refractivity contribution in [3.63, 3.8) is 0 Å². The average Bonchev–Trinajstić information content (AvgIpc) is 2.69. The predicted molar refractivity (Wildman–Crippen MR) is 71.3 cm³/mol. The molecule has 18 heavy (non-hydrogen) atoms. The highest BCUT2D eigenvalue weighted by Crippen LogP contribution is 2.27. The van der Waals surface area contributed by atoms with Crippen LogP contribution in [0.1, 0.15) is 29.3 Å². The van der Waals surface area contributed by atoms with E-state index in [2.05, 4.69) is 6.92 Å². The Balaban J connectivity index is 2.26. The highest BCUT2D eigenvalue weighted by molar-refractivity contribution is 5.99. The van der Waals surface area contributed by atoms with Crippen LogP contribution in [-0.4, -0.2) is 35.1 Å². The lowest BCUT2D eigenvalue weighted by Gasteiger charge is -2.25. The van der Waals surface area contributed by atoms with Crippen LogP contribution in [0.25, 0.3) is 0 Å². The largest absolute Gasteiger partial charge is 0.398 e. The number of rotatable bonds is 2. The Kier molecular flexibility index (Phi) is 3.57. The fourth-order valence-corrected chi connectivity index (χ4v) is 2.57. The fraction of sp³-hybridized carbons (Fsp3) is 0.500. The monoisotopic (exact) mass is 248 g/mol. The third kappa shape index (κ3) is 2.20. The Labute approximate surface area is 107 Å². The molecular formula is C14H20N2O2. The minimum absolute atomic E-state index is 0.0126. The van der Waals surface area contributed by atoms with E-state index in [9.17, 15) is 9.90 Å². The second-order valence-corrected chi connectivity index (χ2v) is 5.11. The van der Waals surface area contributed by atoms with E-state index in [1.54, 1.807) is 17.0 Å². The Bertz CT molecular complexity index is 459. The van der Waals surface area contributed by atoms with Crippen LogP contribution in [0.4, 0.5) is 5.69 Å². The predicted octanol–water partition coefficient (Wildman–Crippen LogP) is 1.42. The molecule has 0 saturated carbocycles. The zero-order valence-corrected chi connectivity index (χ0v) is 10.9. The maximum absolute atomic E-state index is 12.4. The van der Waals surface area contributed by atoms with Gasteiger partial charge in [-0.25, -0.2) is 0 Å². The molecule has 0 spiro atoms. The number of nitrogen functional groups attached to an aromatic ring is 1. The zero-order valence-electron chi connectivity index (χ0n) is 10.9. The number of aliphatic hydroxyl groups excluding tert-OH is 1. The van der Waals surface area contributed by atoms with Crippen molar-refractivity contribution in [2.24, 2.45) is 5.92 Å². The molecule has 4 heteroatoms. The van der Waals surface area contributed by atoms with Crippen molar-refractivity contribution in [2.75, 3.05) is 18.9 Å². The molecule has 0 aromatic heterocycles. The van der Waals surface area contributed by atoms with E-state index in [0.717, 1.165) is 12.0 Å². The van der Waals surface area contributed by atoms with Crippen molar-refractivity contribution in [1.29, 1.82) is 0 Å². The van der Waals surface area contributed by atoms with Crippen LogP contribution in [0.15, 0.2) is 18.2 Å². The van der Waals surface area contributed by atoms with Crippen LogP contribution in [0.3, 0.4) is 0 Å². The minimum Gasteiger partial charge on any atom is -0.398 e. The summed E-state index contributed by atoms with van der Waals surface area (Å²) in [6, 6.07) is 5.38. The fourth-order valence-electron chi connectivity index (χ4n) is 2.57. The second kappa shape index (κ2) is 4.98. The third-order valence-electron chi connectivity index (χ3n) is 3.77. The van der Waals surface area contributed by atoms with E-state index < -0.39 is 0 Å². The maximum Gasteiger partial charge on any atom is 0.256 e.